The predicted octanol–water partition coefficient (Wildman–Crippen LogP) is 3.62. The molecular weight excluding hydrogens is 339 g/mol. The van der Waals surface area contributed by atoms with Gasteiger partial charge in [-0.05, 0) is 12.1 Å². The van der Waals surface area contributed by atoms with Gasteiger partial charge < -0.3 is 4.57 Å². The minimum atomic E-state index is -0.212. The zero-order valence-corrected chi connectivity index (χ0v) is 15.7. The van der Waals surface area contributed by atoms with Gasteiger partial charge in [0, 0.05) is 74.7 Å². The lowest BCUT2D eigenvalue weighted by molar-refractivity contribution is 0.123. The first-order valence-corrected chi connectivity index (χ1v) is 9.31. The first-order chi connectivity index (χ1) is 12.0. The number of aromatic nitrogens is 2. The Hall–Kier alpha value is -1.43. The van der Waals surface area contributed by atoms with E-state index in [1.54, 1.807) is 12.1 Å². The molecule has 0 saturated carbocycles. The third-order valence-corrected chi connectivity index (χ3v) is 5.18. The van der Waals surface area contributed by atoms with Gasteiger partial charge in [-0.2, -0.15) is 0 Å². The molecule has 1 aliphatic rings. The quantitative estimate of drug-likeness (QED) is 0.782. The molecule has 1 aromatic carbocycles. The molecule has 0 spiro atoms. The maximum absolute atomic E-state index is 13.9. The van der Waals surface area contributed by atoms with Crippen LogP contribution in [0, 0.1) is 5.82 Å². The van der Waals surface area contributed by atoms with Crippen molar-refractivity contribution in [1.82, 2.24) is 19.4 Å². The van der Waals surface area contributed by atoms with Crippen LogP contribution in [-0.2, 0) is 13.1 Å². The van der Waals surface area contributed by atoms with Crippen molar-refractivity contribution in [2.45, 2.75) is 32.9 Å². The summed E-state index contributed by atoms with van der Waals surface area (Å²) in [5.41, 5.74) is 0.609. The van der Waals surface area contributed by atoms with Crippen molar-refractivity contribution < 1.29 is 4.39 Å². The summed E-state index contributed by atoms with van der Waals surface area (Å²) in [6.45, 7) is 10.8. The van der Waals surface area contributed by atoms with Crippen LogP contribution in [0.15, 0.2) is 30.6 Å². The monoisotopic (exact) mass is 364 g/mol. The molecule has 136 valence electrons. The van der Waals surface area contributed by atoms with Crippen molar-refractivity contribution in [3.05, 3.63) is 52.8 Å². The highest BCUT2D eigenvalue weighted by atomic mass is 35.5. The molecule has 0 radical (unpaired) electrons. The van der Waals surface area contributed by atoms with Gasteiger partial charge >= 0.3 is 0 Å². The summed E-state index contributed by atoms with van der Waals surface area (Å²) in [7, 11) is 0. The zero-order valence-electron chi connectivity index (χ0n) is 15.0. The summed E-state index contributed by atoms with van der Waals surface area (Å²) in [6, 6.07) is 4.89. The van der Waals surface area contributed by atoms with Gasteiger partial charge in [-0.3, -0.25) is 9.80 Å². The first-order valence-electron chi connectivity index (χ1n) is 8.93. The summed E-state index contributed by atoms with van der Waals surface area (Å²) in [5.74, 6) is 1.38. The third kappa shape index (κ3) is 4.60. The molecule has 1 fully saturated rings. The van der Waals surface area contributed by atoms with Crippen LogP contribution in [0.2, 0.25) is 5.02 Å². The Kier molecular flexibility index (Phi) is 6.10. The summed E-state index contributed by atoms with van der Waals surface area (Å²) in [6.07, 6.45) is 3.94. The molecule has 0 bridgehead atoms. The van der Waals surface area contributed by atoms with E-state index >= 15 is 0 Å². The highest BCUT2D eigenvalue weighted by Gasteiger charge is 2.19. The number of rotatable bonds is 6. The Bertz CT molecular complexity index is 672. The molecule has 2 aromatic rings. The second-order valence-corrected chi connectivity index (χ2v) is 7.36. The Morgan fingerprint density at radius 3 is 2.52 bits per heavy atom. The van der Waals surface area contributed by atoms with E-state index in [2.05, 4.69) is 39.4 Å². The lowest BCUT2D eigenvalue weighted by Gasteiger charge is -2.35. The largest absolute Gasteiger partial charge is 0.333 e. The second kappa shape index (κ2) is 8.30. The van der Waals surface area contributed by atoms with Crippen LogP contribution in [0.4, 0.5) is 4.39 Å². The fraction of sp³-hybridized carbons (Fsp3) is 0.526. The summed E-state index contributed by atoms with van der Waals surface area (Å²) >= 11 is 6.14. The van der Waals surface area contributed by atoms with Gasteiger partial charge in [-0.15, -0.1) is 0 Å². The van der Waals surface area contributed by atoms with Crippen molar-refractivity contribution in [2.24, 2.45) is 0 Å². The lowest BCUT2D eigenvalue weighted by Crippen LogP contribution is -2.46. The van der Waals surface area contributed by atoms with Gasteiger partial charge in [0.05, 0.1) is 0 Å². The maximum atomic E-state index is 13.9. The molecule has 0 aliphatic carbocycles. The number of piperazine rings is 1. The van der Waals surface area contributed by atoms with Gasteiger partial charge in [-0.1, -0.05) is 31.5 Å². The molecule has 1 saturated heterocycles. The fourth-order valence-electron chi connectivity index (χ4n) is 3.34. The number of halogens is 2. The van der Waals surface area contributed by atoms with E-state index in [0.717, 1.165) is 45.1 Å². The van der Waals surface area contributed by atoms with Gasteiger partial charge in [0.25, 0.3) is 0 Å². The number of hydrogen-bond donors (Lipinski definition) is 0. The molecule has 1 aliphatic heterocycles. The average Bonchev–Trinajstić information content (AvgIpc) is 3.06. The van der Waals surface area contributed by atoms with E-state index in [1.807, 2.05) is 6.20 Å². The predicted molar refractivity (Wildman–Crippen MR) is 99.4 cm³/mol. The van der Waals surface area contributed by atoms with E-state index in [-0.39, 0.29) is 5.82 Å². The molecular formula is C19H26ClFN4. The van der Waals surface area contributed by atoms with Crippen LogP contribution in [0.25, 0.3) is 0 Å². The highest BCUT2D eigenvalue weighted by Crippen LogP contribution is 2.21. The fourth-order valence-corrected chi connectivity index (χ4v) is 3.56. The normalized spacial score (nSPS) is 16.7. The average molecular weight is 365 g/mol. The second-order valence-electron chi connectivity index (χ2n) is 6.95. The van der Waals surface area contributed by atoms with Gasteiger partial charge in [-0.25, -0.2) is 9.37 Å². The molecule has 0 unspecified atom stereocenters. The van der Waals surface area contributed by atoms with Crippen molar-refractivity contribution >= 4 is 11.6 Å². The zero-order chi connectivity index (χ0) is 17.8. The summed E-state index contributed by atoms with van der Waals surface area (Å²) in [4.78, 5) is 9.18. The van der Waals surface area contributed by atoms with E-state index in [9.17, 15) is 4.39 Å². The number of benzene rings is 1. The van der Waals surface area contributed by atoms with Gasteiger partial charge in [0.1, 0.15) is 11.6 Å². The Morgan fingerprint density at radius 2 is 1.84 bits per heavy atom. The standard InChI is InChI=1S/C19H26ClFN4/c1-15(2)19-22-6-7-25(19)13-12-23-8-10-24(11-9-23)14-16-17(20)4-3-5-18(16)21/h3-7,15H,8-14H2,1-2H3. The first kappa shape index (κ1) is 18.4. The molecule has 6 heteroatoms. The topological polar surface area (TPSA) is 24.3 Å². The molecule has 0 N–H and O–H groups in total. The van der Waals surface area contributed by atoms with Crippen molar-refractivity contribution in [3.63, 3.8) is 0 Å². The highest BCUT2D eigenvalue weighted by molar-refractivity contribution is 6.31. The number of nitrogens with zero attached hydrogens (tertiary/aromatic N) is 4. The lowest BCUT2D eigenvalue weighted by atomic mass is 10.2. The summed E-state index contributed by atoms with van der Waals surface area (Å²) < 4.78 is 16.2. The SMILES string of the molecule is CC(C)c1nccn1CCN1CCN(Cc2c(F)cccc2Cl)CC1. The molecule has 0 amide bonds. The van der Waals surface area contributed by atoms with Crippen LogP contribution in [0.3, 0.4) is 0 Å². The van der Waals surface area contributed by atoms with Crippen molar-refractivity contribution in [3.8, 4) is 0 Å². The maximum Gasteiger partial charge on any atom is 0.129 e. The molecule has 2 heterocycles. The van der Waals surface area contributed by atoms with Crippen LogP contribution < -0.4 is 0 Å². The molecule has 4 nitrogen and oxygen atoms in total. The van der Waals surface area contributed by atoms with Crippen LogP contribution >= 0.6 is 11.6 Å². The number of imidazole rings is 1. The molecule has 1 aromatic heterocycles. The molecule has 3 rings (SSSR count). The van der Waals surface area contributed by atoms with E-state index < -0.39 is 0 Å². The van der Waals surface area contributed by atoms with E-state index in [4.69, 9.17) is 11.6 Å². The molecule has 25 heavy (non-hydrogen) atoms. The van der Waals surface area contributed by atoms with Gasteiger partial charge in [0.15, 0.2) is 0 Å². The third-order valence-electron chi connectivity index (χ3n) is 4.83. The van der Waals surface area contributed by atoms with Crippen LogP contribution in [0.5, 0.6) is 0 Å². The number of hydrogen-bond acceptors (Lipinski definition) is 3. The van der Waals surface area contributed by atoms with Crippen molar-refractivity contribution in [2.75, 3.05) is 32.7 Å². The molecule has 0 atom stereocenters. The van der Waals surface area contributed by atoms with E-state index in [0.29, 0.717) is 23.0 Å². The smallest absolute Gasteiger partial charge is 0.129 e. The van der Waals surface area contributed by atoms with Crippen LogP contribution in [0.1, 0.15) is 31.2 Å². The van der Waals surface area contributed by atoms with Gasteiger partial charge in [0.2, 0.25) is 0 Å². The van der Waals surface area contributed by atoms with Crippen molar-refractivity contribution in [1.29, 1.82) is 0 Å². The Balaban J connectivity index is 1.48. The minimum Gasteiger partial charge on any atom is -0.333 e. The van der Waals surface area contributed by atoms with E-state index in [1.165, 1.54) is 6.07 Å². The minimum absolute atomic E-state index is 0.212. The Labute approximate surface area is 154 Å². The van der Waals surface area contributed by atoms with Crippen LogP contribution in [-0.4, -0.2) is 52.1 Å². The summed E-state index contributed by atoms with van der Waals surface area (Å²) in [5, 5.41) is 0.517. The Morgan fingerprint density at radius 1 is 1.12 bits per heavy atom.